The summed E-state index contributed by atoms with van der Waals surface area (Å²) < 4.78 is 38.0. The monoisotopic (exact) mass is 366 g/mol. The summed E-state index contributed by atoms with van der Waals surface area (Å²) in [7, 11) is 0. The van der Waals surface area contributed by atoms with Crippen LogP contribution < -0.4 is 4.90 Å². The van der Waals surface area contributed by atoms with Gasteiger partial charge in [0.2, 0.25) is 0 Å². The first kappa shape index (κ1) is 19.7. The summed E-state index contributed by atoms with van der Waals surface area (Å²) in [4.78, 5) is 5.25. The number of aliphatic hydroxyl groups excluding tert-OH is 2. The molecule has 138 valence electrons. The van der Waals surface area contributed by atoms with Crippen molar-refractivity contribution in [3.8, 4) is 0 Å². The molecule has 3 N–H and O–H groups in total. The summed E-state index contributed by atoms with van der Waals surface area (Å²) in [5.74, 6) is 0. The zero-order valence-electron chi connectivity index (χ0n) is 13.9. The molecule has 0 aliphatic rings. The van der Waals surface area contributed by atoms with Crippen LogP contribution in [-0.2, 0) is 6.18 Å². The summed E-state index contributed by atoms with van der Waals surface area (Å²) in [6.07, 6.45) is -4.42. The van der Waals surface area contributed by atoms with Crippen LogP contribution >= 0.6 is 0 Å². The van der Waals surface area contributed by atoms with E-state index in [0.717, 1.165) is 17.8 Å². The Hall–Kier alpha value is -2.67. The van der Waals surface area contributed by atoms with E-state index in [1.54, 1.807) is 29.2 Å². The molecule has 0 saturated heterocycles. The van der Waals surface area contributed by atoms with Crippen LogP contribution in [0.5, 0.6) is 0 Å². The summed E-state index contributed by atoms with van der Waals surface area (Å²) in [6.45, 7) is 0.593. The molecule has 0 aromatic heterocycles. The van der Waals surface area contributed by atoms with Crippen molar-refractivity contribution in [1.82, 2.24) is 0 Å². The molecule has 0 aliphatic heterocycles. The number of nitrogens with one attached hydrogen (secondary N) is 1. The lowest BCUT2D eigenvalue weighted by Gasteiger charge is -2.22. The smallest absolute Gasteiger partial charge is 0.395 e. The number of rotatable bonds is 7. The Kier molecular flexibility index (Phi) is 6.52. The highest BCUT2D eigenvalue weighted by atomic mass is 19.4. The quantitative estimate of drug-likeness (QED) is 0.400. The summed E-state index contributed by atoms with van der Waals surface area (Å²) in [5.41, 5.74) is 8.62. The second-order valence-corrected chi connectivity index (χ2v) is 5.52. The van der Waals surface area contributed by atoms with Crippen LogP contribution in [0.15, 0.2) is 48.5 Å². The lowest BCUT2D eigenvalue weighted by molar-refractivity contribution is -0.137. The van der Waals surface area contributed by atoms with Crippen molar-refractivity contribution < 1.29 is 28.2 Å². The maximum atomic E-state index is 12.7. The van der Waals surface area contributed by atoms with E-state index in [4.69, 9.17) is 15.7 Å². The molecule has 5 nitrogen and oxygen atoms in total. The van der Waals surface area contributed by atoms with Gasteiger partial charge in [0, 0.05) is 18.8 Å². The fraction of sp³-hybridized carbons (Fsp3) is 0.278. The van der Waals surface area contributed by atoms with Gasteiger partial charge in [-0.25, -0.2) is 0 Å². The van der Waals surface area contributed by atoms with Crippen molar-refractivity contribution in [2.45, 2.75) is 6.18 Å². The first-order chi connectivity index (χ1) is 12.4. The molecule has 0 amide bonds. The van der Waals surface area contributed by atoms with Crippen molar-refractivity contribution >= 4 is 11.4 Å². The Morgan fingerprint density at radius 3 is 1.73 bits per heavy atom. The van der Waals surface area contributed by atoms with Crippen molar-refractivity contribution in [2.24, 2.45) is 0 Å². The van der Waals surface area contributed by atoms with Gasteiger partial charge in [0.1, 0.15) is 0 Å². The van der Waals surface area contributed by atoms with Gasteiger partial charge in [-0.3, -0.25) is 0 Å². The molecular weight excluding hydrogens is 347 g/mol. The molecule has 0 heterocycles. The van der Waals surface area contributed by atoms with Gasteiger partial charge in [-0.2, -0.15) is 13.2 Å². The lowest BCUT2D eigenvalue weighted by Crippen LogP contribution is -2.29. The topological polar surface area (TPSA) is 81.7 Å². The number of hydrogen-bond acceptors (Lipinski definition) is 4. The lowest BCUT2D eigenvalue weighted by atomic mass is 10.0. The van der Waals surface area contributed by atoms with Gasteiger partial charge in [0.05, 0.1) is 40.2 Å². The van der Waals surface area contributed by atoms with Gasteiger partial charge >= 0.3 is 11.9 Å². The van der Waals surface area contributed by atoms with Crippen LogP contribution in [0.1, 0.15) is 16.7 Å². The first-order valence-corrected chi connectivity index (χ1v) is 7.90. The third kappa shape index (κ3) is 4.70. The van der Waals surface area contributed by atoms with Crippen molar-refractivity contribution in [3.05, 3.63) is 65.2 Å². The average Bonchev–Trinajstić information content (AvgIpc) is 2.62. The van der Waals surface area contributed by atoms with Gasteiger partial charge in [0.25, 0.3) is 0 Å². The number of benzene rings is 2. The van der Waals surface area contributed by atoms with Gasteiger partial charge in [-0.05, 0) is 48.5 Å². The van der Waals surface area contributed by atoms with Gasteiger partial charge in [-0.15, -0.1) is 0 Å². The summed E-state index contributed by atoms with van der Waals surface area (Å²) in [5, 5.41) is 18.2. The molecule has 0 radical (unpaired) electrons. The number of halogens is 3. The van der Waals surface area contributed by atoms with E-state index in [-0.39, 0.29) is 18.9 Å². The van der Waals surface area contributed by atoms with E-state index in [9.17, 15) is 13.2 Å². The number of anilines is 1. The molecule has 2 aromatic carbocycles. The Labute approximate surface area is 148 Å². The van der Waals surface area contributed by atoms with E-state index >= 15 is 0 Å². The minimum atomic E-state index is -4.42. The Morgan fingerprint density at radius 2 is 1.35 bits per heavy atom. The van der Waals surface area contributed by atoms with Gasteiger partial charge < -0.3 is 15.1 Å². The van der Waals surface area contributed by atoms with E-state index in [2.05, 4.69) is 4.79 Å². The normalized spacial score (nSPS) is 11.1. The second-order valence-electron chi connectivity index (χ2n) is 5.52. The van der Waals surface area contributed by atoms with Crippen molar-refractivity contribution in [1.29, 1.82) is 5.53 Å². The largest absolute Gasteiger partial charge is 0.416 e. The summed E-state index contributed by atoms with van der Waals surface area (Å²) in [6, 6.07) is 11.4. The molecule has 8 heteroatoms. The van der Waals surface area contributed by atoms with Gasteiger partial charge in [-0.1, -0.05) is 0 Å². The maximum Gasteiger partial charge on any atom is 0.416 e. The fourth-order valence-electron chi connectivity index (χ4n) is 2.55. The molecule has 0 aliphatic carbocycles. The third-order valence-electron chi connectivity index (χ3n) is 3.84. The van der Waals surface area contributed by atoms with Gasteiger partial charge in [0.15, 0.2) is 0 Å². The minimum Gasteiger partial charge on any atom is -0.395 e. The Balaban J connectivity index is 2.27. The standard InChI is InChI=1S/C18H19F3N3O2/c19-18(20,21)15-5-1-13(2-6-15)17(23-22)14-3-7-16(8-4-14)24(9-11-25)10-12-26/h1-8,22,25-26H,9-12H2/q+1. The predicted octanol–water partition coefficient (Wildman–Crippen LogP) is 2.57. The molecule has 2 rings (SSSR count). The van der Waals surface area contributed by atoms with Crippen LogP contribution in [0.25, 0.3) is 0 Å². The molecule has 2 aromatic rings. The van der Waals surface area contributed by atoms with Crippen molar-refractivity contribution in [2.75, 3.05) is 31.2 Å². The van der Waals surface area contributed by atoms with E-state index in [1.165, 1.54) is 12.1 Å². The Morgan fingerprint density at radius 1 is 0.885 bits per heavy atom. The predicted molar refractivity (Wildman–Crippen MR) is 90.5 cm³/mol. The number of aliphatic hydroxyl groups is 2. The third-order valence-corrected chi connectivity index (χ3v) is 3.84. The average molecular weight is 366 g/mol. The molecule has 0 saturated carbocycles. The molecule has 26 heavy (non-hydrogen) atoms. The van der Waals surface area contributed by atoms with Crippen LogP contribution in [-0.4, -0.2) is 47.0 Å². The van der Waals surface area contributed by atoms with Crippen LogP contribution in [0.2, 0.25) is 0 Å². The maximum absolute atomic E-state index is 12.7. The summed E-state index contributed by atoms with van der Waals surface area (Å²) >= 11 is 0. The zero-order chi connectivity index (χ0) is 19.2. The highest BCUT2D eigenvalue weighted by molar-refractivity contribution is 6.09. The Bertz CT molecular complexity index is 762. The molecule has 0 unspecified atom stereocenters. The number of alkyl halides is 3. The minimum absolute atomic E-state index is 0.0628. The second kappa shape index (κ2) is 8.62. The SMILES string of the molecule is N=[N+]=C(c1ccc(N(CCO)CCO)cc1)c1ccc(C(F)(F)F)cc1. The van der Waals surface area contributed by atoms with Crippen LogP contribution in [0, 0.1) is 5.53 Å². The molecule has 0 fully saturated rings. The number of hydrogen-bond donors (Lipinski definition) is 3. The molecule has 0 bridgehead atoms. The van der Waals surface area contributed by atoms with E-state index < -0.39 is 11.7 Å². The van der Waals surface area contributed by atoms with Crippen LogP contribution in [0.3, 0.4) is 0 Å². The number of nitrogens with zero attached hydrogens (tertiary/aromatic N) is 2. The highest BCUT2D eigenvalue weighted by Gasteiger charge is 2.30. The molecular formula is C18H19F3N3O2+. The zero-order valence-corrected chi connectivity index (χ0v) is 13.9. The van der Waals surface area contributed by atoms with E-state index in [1.807, 2.05) is 0 Å². The van der Waals surface area contributed by atoms with E-state index in [0.29, 0.717) is 24.2 Å². The molecule has 0 spiro atoms. The fourth-order valence-corrected chi connectivity index (χ4v) is 2.55. The van der Waals surface area contributed by atoms with Crippen LogP contribution in [0.4, 0.5) is 18.9 Å². The first-order valence-electron chi connectivity index (χ1n) is 7.90. The molecule has 0 atom stereocenters. The highest BCUT2D eigenvalue weighted by Crippen LogP contribution is 2.29. The van der Waals surface area contributed by atoms with Crippen molar-refractivity contribution in [3.63, 3.8) is 0 Å².